The number of fused-ring (bicyclic) bond motifs is 1. The van der Waals surface area contributed by atoms with Crippen LogP contribution in [0.1, 0.15) is 28.9 Å². The number of aromatic nitrogens is 1. The van der Waals surface area contributed by atoms with E-state index in [4.69, 9.17) is 0 Å². The Morgan fingerprint density at radius 2 is 1.96 bits per heavy atom. The van der Waals surface area contributed by atoms with Crippen molar-refractivity contribution in [2.45, 2.75) is 19.6 Å². The van der Waals surface area contributed by atoms with Gasteiger partial charge >= 0.3 is 6.61 Å². The molecular formula is C19H16F2N2O2. The van der Waals surface area contributed by atoms with Gasteiger partial charge in [0.1, 0.15) is 5.75 Å². The van der Waals surface area contributed by atoms with E-state index in [1.54, 1.807) is 49.5 Å². The van der Waals surface area contributed by atoms with Crippen molar-refractivity contribution in [2.24, 2.45) is 0 Å². The second-order valence-corrected chi connectivity index (χ2v) is 5.56. The van der Waals surface area contributed by atoms with E-state index in [-0.39, 0.29) is 17.7 Å². The number of ether oxygens (including phenoxy) is 1. The Hall–Kier alpha value is -3.02. The molecule has 6 heteroatoms. The zero-order valence-electron chi connectivity index (χ0n) is 13.4. The molecule has 2 aromatic carbocycles. The molecular weight excluding hydrogens is 326 g/mol. The number of halogens is 2. The van der Waals surface area contributed by atoms with Gasteiger partial charge in [-0.2, -0.15) is 8.78 Å². The zero-order valence-corrected chi connectivity index (χ0v) is 13.4. The molecule has 1 atom stereocenters. The van der Waals surface area contributed by atoms with Gasteiger partial charge in [-0.25, -0.2) is 0 Å². The third-order valence-electron chi connectivity index (χ3n) is 3.80. The Balaban J connectivity index is 1.75. The molecule has 0 aliphatic rings. The van der Waals surface area contributed by atoms with Crippen molar-refractivity contribution in [1.82, 2.24) is 10.3 Å². The lowest BCUT2D eigenvalue weighted by molar-refractivity contribution is -0.0499. The summed E-state index contributed by atoms with van der Waals surface area (Å²) < 4.78 is 29.0. The maximum atomic E-state index is 12.5. The van der Waals surface area contributed by atoms with Crippen LogP contribution in [-0.4, -0.2) is 17.5 Å². The molecule has 25 heavy (non-hydrogen) atoms. The molecule has 128 valence electrons. The summed E-state index contributed by atoms with van der Waals surface area (Å²) in [6, 6.07) is 14.9. The monoisotopic (exact) mass is 342 g/mol. The maximum Gasteiger partial charge on any atom is 0.387 e. The summed E-state index contributed by atoms with van der Waals surface area (Å²) in [7, 11) is 0. The number of carbonyl (C=O) groups excluding carboxylic acids is 1. The van der Waals surface area contributed by atoms with E-state index in [0.717, 1.165) is 10.9 Å². The van der Waals surface area contributed by atoms with E-state index in [9.17, 15) is 13.6 Å². The Labute approximate surface area is 143 Å². The third kappa shape index (κ3) is 4.09. The van der Waals surface area contributed by atoms with E-state index in [1.165, 1.54) is 12.1 Å². The highest BCUT2D eigenvalue weighted by molar-refractivity contribution is 5.98. The summed E-state index contributed by atoms with van der Waals surface area (Å²) >= 11 is 0. The fourth-order valence-corrected chi connectivity index (χ4v) is 2.54. The minimum Gasteiger partial charge on any atom is -0.435 e. The molecule has 1 N–H and O–H groups in total. The minimum atomic E-state index is -2.88. The second-order valence-electron chi connectivity index (χ2n) is 5.56. The Morgan fingerprint density at radius 3 is 2.76 bits per heavy atom. The highest BCUT2D eigenvalue weighted by Crippen LogP contribution is 2.21. The molecule has 0 saturated carbocycles. The van der Waals surface area contributed by atoms with Crippen molar-refractivity contribution in [3.63, 3.8) is 0 Å². The third-order valence-corrected chi connectivity index (χ3v) is 3.80. The van der Waals surface area contributed by atoms with Gasteiger partial charge < -0.3 is 10.1 Å². The molecule has 3 rings (SSSR count). The normalized spacial score (nSPS) is 12.2. The van der Waals surface area contributed by atoms with Crippen LogP contribution in [0.25, 0.3) is 10.9 Å². The molecule has 0 aliphatic carbocycles. The van der Waals surface area contributed by atoms with Crippen LogP contribution in [0, 0.1) is 0 Å². The number of pyridine rings is 1. The zero-order chi connectivity index (χ0) is 17.8. The van der Waals surface area contributed by atoms with Gasteiger partial charge in [0, 0.05) is 17.1 Å². The predicted octanol–water partition coefficient (Wildman–Crippen LogP) is 4.33. The molecule has 4 nitrogen and oxygen atoms in total. The van der Waals surface area contributed by atoms with E-state index >= 15 is 0 Å². The number of hydrogen-bond donors (Lipinski definition) is 1. The predicted molar refractivity (Wildman–Crippen MR) is 90.7 cm³/mol. The molecule has 3 aromatic rings. The number of nitrogens with one attached hydrogen (secondary N) is 1. The summed E-state index contributed by atoms with van der Waals surface area (Å²) in [6.07, 6.45) is 1.69. The van der Waals surface area contributed by atoms with Crippen molar-refractivity contribution in [3.05, 3.63) is 71.9 Å². The maximum absolute atomic E-state index is 12.5. The van der Waals surface area contributed by atoms with Gasteiger partial charge in [-0.05, 0) is 48.9 Å². The lowest BCUT2D eigenvalue weighted by atomic mass is 10.1. The van der Waals surface area contributed by atoms with Gasteiger partial charge in [0.15, 0.2) is 0 Å². The fraction of sp³-hybridized carbons (Fsp3) is 0.158. The average molecular weight is 342 g/mol. The van der Waals surface area contributed by atoms with E-state index < -0.39 is 6.61 Å². The molecule has 0 fully saturated rings. The second kappa shape index (κ2) is 7.25. The van der Waals surface area contributed by atoms with Crippen LogP contribution < -0.4 is 10.1 Å². The molecule has 0 radical (unpaired) electrons. The van der Waals surface area contributed by atoms with E-state index in [0.29, 0.717) is 11.1 Å². The van der Waals surface area contributed by atoms with Crippen LogP contribution in [-0.2, 0) is 0 Å². The largest absolute Gasteiger partial charge is 0.435 e. The Morgan fingerprint density at radius 1 is 1.12 bits per heavy atom. The van der Waals surface area contributed by atoms with E-state index in [2.05, 4.69) is 15.0 Å². The number of benzene rings is 2. The van der Waals surface area contributed by atoms with Crippen LogP contribution in [0.15, 0.2) is 60.8 Å². The van der Waals surface area contributed by atoms with Crippen LogP contribution in [0.3, 0.4) is 0 Å². The van der Waals surface area contributed by atoms with Crippen LogP contribution in [0.4, 0.5) is 8.78 Å². The lowest BCUT2D eigenvalue weighted by Gasteiger charge is -2.16. The molecule has 1 unspecified atom stereocenters. The molecule has 0 spiro atoms. The Kier molecular flexibility index (Phi) is 4.88. The van der Waals surface area contributed by atoms with Gasteiger partial charge in [0.05, 0.1) is 11.6 Å². The number of nitrogens with zero attached hydrogens (tertiary/aromatic N) is 1. The van der Waals surface area contributed by atoms with Gasteiger partial charge in [0.25, 0.3) is 5.91 Å². The summed E-state index contributed by atoms with van der Waals surface area (Å²) in [5.74, 6) is -0.191. The SMILES string of the molecule is CC(NC(=O)c1ccc2ncccc2c1)c1cccc(OC(F)F)c1. The van der Waals surface area contributed by atoms with Crippen molar-refractivity contribution in [3.8, 4) is 5.75 Å². The topological polar surface area (TPSA) is 51.2 Å². The average Bonchev–Trinajstić information content (AvgIpc) is 2.61. The highest BCUT2D eigenvalue weighted by atomic mass is 19.3. The first-order chi connectivity index (χ1) is 12.0. The van der Waals surface area contributed by atoms with Gasteiger partial charge in [0.2, 0.25) is 0 Å². The number of amides is 1. The summed E-state index contributed by atoms with van der Waals surface area (Å²) in [5, 5.41) is 3.73. The van der Waals surface area contributed by atoms with Crippen molar-refractivity contribution in [2.75, 3.05) is 0 Å². The van der Waals surface area contributed by atoms with E-state index in [1.807, 2.05) is 6.07 Å². The first kappa shape index (κ1) is 16.8. The number of hydrogen-bond acceptors (Lipinski definition) is 3. The van der Waals surface area contributed by atoms with Gasteiger partial charge in [-0.15, -0.1) is 0 Å². The summed E-state index contributed by atoms with van der Waals surface area (Å²) in [5.41, 5.74) is 1.99. The fourth-order valence-electron chi connectivity index (χ4n) is 2.54. The highest BCUT2D eigenvalue weighted by Gasteiger charge is 2.13. The standard InChI is InChI=1S/C19H16F2N2O2/c1-12(13-4-2-6-16(11-13)25-19(20)21)23-18(24)15-7-8-17-14(10-15)5-3-9-22-17/h2-12,19H,1H3,(H,23,24). The quantitative estimate of drug-likeness (QED) is 0.751. The smallest absolute Gasteiger partial charge is 0.387 e. The van der Waals surface area contributed by atoms with Gasteiger partial charge in [-0.3, -0.25) is 9.78 Å². The van der Waals surface area contributed by atoms with Crippen LogP contribution in [0.5, 0.6) is 5.75 Å². The summed E-state index contributed by atoms with van der Waals surface area (Å²) in [4.78, 5) is 16.7. The summed E-state index contributed by atoms with van der Waals surface area (Å²) in [6.45, 7) is -1.10. The van der Waals surface area contributed by atoms with Crippen LogP contribution in [0.2, 0.25) is 0 Å². The van der Waals surface area contributed by atoms with Crippen molar-refractivity contribution in [1.29, 1.82) is 0 Å². The molecule has 0 bridgehead atoms. The molecule has 1 heterocycles. The first-order valence-electron chi connectivity index (χ1n) is 7.73. The number of carbonyl (C=O) groups is 1. The number of alkyl halides is 2. The van der Waals surface area contributed by atoms with Gasteiger partial charge in [-0.1, -0.05) is 18.2 Å². The number of rotatable bonds is 5. The van der Waals surface area contributed by atoms with Crippen molar-refractivity contribution < 1.29 is 18.3 Å². The van der Waals surface area contributed by atoms with Crippen molar-refractivity contribution >= 4 is 16.8 Å². The van der Waals surface area contributed by atoms with Crippen LogP contribution >= 0.6 is 0 Å². The first-order valence-corrected chi connectivity index (χ1v) is 7.73. The molecule has 1 amide bonds. The molecule has 0 aliphatic heterocycles. The lowest BCUT2D eigenvalue weighted by Crippen LogP contribution is -2.26. The Bertz CT molecular complexity index is 899. The molecule has 1 aromatic heterocycles. The minimum absolute atomic E-state index is 0.0605. The molecule has 0 saturated heterocycles.